The van der Waals surface area contributed by atoms with E-state index in [4.69, 9.17) is 0 Å². The number of nitrogens with one attached hydrogen (secondary N) is 2. The number of hydrogen-bond donors (Lipinski definition) is 2. The Morgan fingerprint density at radius 2 is 1.64 bits per heavy atom. The molecule has 1 saturated heterocycles. The summed E-state index contributed by atoms with van der Waals surface area (Å²) < 4.78 is 0. The van der Waals surface area contributed by atoms with Gasteiger partial charge in [0.2, 0.25) is 5.91 Å². The standard InChI is InChI=1S/C18H33N3O/c1-14(22)19-16-6-8-17(9-7-16)20-18-10-11-21(13-18)12-15-4-2-3-5-15/h15-18,20H,2-13H2,1H3,(H,19,22)/t16?,17?,18-/m1/s1. The molecule has 0 aromatic rings. The van der Waals surface area contributed by atoms with Gasteiger partial charge in [-0.3, -0.25) is 4.79 Å². The van der Waals surface area contributed by atoms with Crippen LogP contribution >= 0.6 is 0 Å². The molecule has 2 aliphatic carbocycles. The molecule has 0 radical (unpaired) electrons. The van der Waals surface area contributed by atoms with E-state index >= 15 is 0 Å². The van der Waals surface area contributed by atoms with E-state index in [1.54, 1.807) is 6.92 Å². The topological polar surface area (TPSA) is 44.4 Å². The molecule has 1 aliphatic heterocycles. The molecule has 1 heterocycles. The molecule has 2 saturated carbocycles. The van der Waals surface area contributed by atoms with Gasteiger partial charge in [-0.05, 0) is 57.4 Å². The lowest BCUT2D eigenvalue weighted by molar-refractivity contribution is -0.119. The van der Waals surface area contributed by atoms with Crippen LogP contribution in [0.5, 0.6) is 0 Å². The third kappa shape index (κ3) is 4.69. The molecule has 3 rings (SSSR count). The molecule has 3 fully saturated rings. The molecule has 0 spiro atoms. The van der Waals surface area contributed by atoms with Crippen LogP contribution in [0.3, 0.4) is 0 Å². The first-order chi connectivity index (χ1) is 10.7. The molecular weight excluding hydrogens is 274 g/mol. The van der Waals surface area contributed by atoms with Gasteiger partial charge in [-0.15, -0.1) is 0 Å². The quantitative estimate of drug-likeness (QED) is 0.819. The number of amides is 1. The maximum absolute atomic E-state index is 11.1. The first-order valence-electron chi connectivity index (χ1n) is 9.44. The Bertz CT molecular complexity index is 359. The van der Waals surface area contributed by atoms with E-state index in [1.165, 1.54) is 64.6 Å². The van der Waals surface area contributed by atoms with Gasteiger partial charge in [-0.25, -0.2) is 0 Å². The largest absolute Gasteiger partial charge is 0.354 e. The minimum Gasteiger partial charge on any atom is -0.354 e. The minimum absolute atomic E-state index is 0.120. The molecule has 22 heavy (non-hydrogen) atoms. The minimum atomic E-state index is 0.120. The summed E-state index contributed by atoms with van der Waals surface area (Å²) in [5.74, 6) is 1.10. The molecule has 0 bridgehead atoms. The first kappa shape index (κ1) is 16.3. The summed E-state index contributed by atoms with van der Waals surface area (Å²) in [4.78, 5) is 13.8. The van der Waals surface area contributed by atoms with Gasteiger partial charge in [-0.1, -0.05) is 12.8 Å². The van der Waals surface area contributed by atoms with E-state index in [9.17, 15) is 4.79 Å². The lowest BCUT2D eigenvalue weighted by Gasteiger charge is -2.31. The van der Waals surface area contributed by atoms with E-state index in [0.29, 0.717) is 18.1 Å². The van der Waals surface area contributed by atoms with Crippen LogP contribution in [-0.4, -0.2) is 48.6 Å². The number of nitrogens with zero attached hydrogens (tertiary/aromatic N) is 1. The van der Waals surface area contributed by atoms with Crippen molar-refractivity contribution in [3.8, 4) is 0 Å². The molecule has 0 aromatic heterocycles. The fourth-order valence-electron chi connectivity index (χ4n) is 4.72. The van der Waals surface area contributed by atoms with Crippen LogP contribution in [0.1, 0.15) is 64.7 Å². The summed E-state index contributed by atoms with van der Waals surface area (Å²) in [5.41, 5.74) is 0. The molecule has 126 valence electrons. The molecule has 0 aromatic carbocycles. The van der Waals surface area contributed by atoms with Crippen LogP contribution in [-0.2, 0) is 4.79 Å². The maximum Gasteiger partial charge on any atom is 0.217 e. The number of rotatable bonds is 5. The monoisotopic (exact) mass is 307 g/mol. The predicted molar refractivity (Wildman–Crippen MR) is 89.8 cm³/mol. The van der Waals surface area contributed by atoms with Gasteiger partial charge in [0.1, 0.15) is 0 Å². The molecular formula is C18H33N3O. The normalized spacial score (nSPS) is 34.1. The maximum atomic E-state index is 11.1. The Kier molecular flexibility index (Phi) is 5.75. The summed E-state index contributed by atoms with van der Waals surface area (Å²) in [6, 6.07) is 1.78. The summed E-state index contributed by atoms with van der Waals surface area (Å²) in [7, 11) is 0. The average molecular weight is 307 g/mol. The van der Waals surface area contributed by atoms with Gasteiger partial charge in [0.15, 0.2) is 0 Å². The molecule has 3 aliphatic rings. The van der Waals surface area contributed by atoms with Gasteiger partial charge in [0, 0.05) is 38.1 Å². The Balaban J connectivity index is 1.33. The summed E-state index contributed by atoms with van der Waals surface area (Å²) in [5, 5.41) is 6.96. The van der Waals surface area contributed by atoms with E-state index in [1.807, 2.05) is 0 Å². The van der Waals surface area contributed by atoms with Crippen LogP contribution in [0.4, 0.5) is 0 Å². The van der Waals surface area contributed by atoms with Gasteiger partial charge in [-0.2, -0.15) is 0 Å². The van der Waals surface area contributed by atoms with Crippen molar-refractivity contribution >= 4 is 5.91 Å². The SMILES string of the molecule is CC(=O)NC1CCC(N[C@@H]2CCN(CC3CCCC3)C2)CC1. The van der Waals surface area contributed by atoms with Gasteiger partial charge in [0.25, 0.3) is 0 Å². The van der Waals surface area contributed by atoms with Crippen molar-refractivity contribution in [1.82, 2.24) is 15.5 Å². The Morgan fingerprint density at radius 1 is 0.955 bits per heavy atom. The van der Waals surface area contributed by atoms with Crippen LogP contribution in [0.2, 0.25) is 0 Å². The lowest BCUT2D eigenvalue weighted by Crippen LogP contribution is -2.45. The number of carbonyl (C=O) groups excluding carboxylic acids is 1. The van der Waals surface area contributed by atoms with Crippen LogP contribution in [0.15, 0.2) is 0 Å². The second-order valence-electron chi connectivity index (χ2n) is 7.81. The van der Waals surface area contributed by atoms with Crippen molar-refractivity contribution in [3.63, 3.8) is 0 Å². The zero-order valence-electron chi connectivity index (χ0n) is 14.2. The second-order valence-corrected chi connectivity index (χ2v) is 7.81. The number of carbonyl (C=O) groups is 1. The molecule has 2 N–H and O–H groups in total. The number of hydrogen-bond acceptors (Lipinski definition) is 3. The fraction of sp³-hybridized carbons (Fsp3) is 0.944. The molecule has 4 heteroatoms. The molecule has 1 amide bonds. The Labute approximate surface area is 135 Å². The zero-order chi connectivity index (χ0) is 15.4. The second kappa shape index (κ2) is 7.78. The average Bonchev–Trinajstić information content (AvgIpc) is 3.13. The highest BCUT2D eigenvalue weighted by atomic mass is 16.1. The lowest BCUT2D eigenvalue weighted by atomic mass is 9.90. The predicted octanol–water partition coefficient (Wildman–Crippen LogP) is 2.29. The van der Waals surface area contributed by atoms with E-state index in [-0.39, 0.29) is 5.91 Å². The van der Waals surface area contributed by atoms with Crippen molar-refractivity contribution in [1.29, 1.82) is 0 Å². The highest BCUT2D eigenvalue weighted by Crippen LogP contribution is 2.27. The van der Waals surface area contributed by atoms with E-state index < -0.39 is 0 Å². The van der Waals surface area contributed by atoms with Gasteiger partial charge in [0.05, 0.1) is 0 Å². The first-order valence-corrected chi connectivity index (χ1v) is 9.44. The van der Waals surface area contributed by atoms with E-state index in [2.05, 4.69) is 15.5 Å². The van der Waals surface area contributed by atoms with Crippen molar-refractivity contribution < 1.29 is 4.79 Å². The zero-order valence-corrected chi connectivity index (χ0v) is 14.2. The molecule has 4 nitrogen and oxygen atoms in total. The fourth-order valence-corrected chi connectivity index (χ4v) is 4.72. The van der Waals surface area contributed by atoms with Crippen molar-refractivity contribution in [2.75, 3.05) is 19.6 Å². The van der Waals surface area contributed by atoms with Crippen LogP contribution < -0.4 is 10.6 Å². The smallest absolute Gasteiger partial charge is 0.217 e. The van der Waals surface area contributed by atoms with Crippen LogP contribution in [0.25, 0.3) is 0 Å². The highest BCUT2D eigenvalue weighted by molar-refractivity contribution is 5.73. The van der Waals surface area contributed by atoms with Crippen molar-refractivity contribution in [2.24, 2.45) is 5.92 Å². The molecule has 0 unspecified atom stereocenters. The van der Waals surface area contributed by atoms with E-state index in [0.717, 1.165) is 18.8 Å². The van der Waals surface area contributed by atoms with Gasteiger partial charge < -0.3 is 15.5 Å². The van der Waals surface area contributed by atoms with Crippen LogP contribution in [0, 0.1) is 5.92 Å². The summed E-state index contributed by atoms with van der Waals surface area (Å²) >= 11 is 0. The highest BCUT2D eigenvalue weighted by Gasteiger charge is 2.29. The van der Waals surface area contributed by atoms with Crippen molar-refractivity contribution in [2.45, 2.75) is 82.8 Å². The third-order valence-electron chi connectivity index (χ3n) is 5.87. The number of likely N-dealkylation sites (tertiary alicyclic amines) is 1. The molecule has 1 atom stereocenters. The summed E-state index contributed by atoms with van der Waals surface area (Å²) in [6.07, 6.45) is 11.8. The van der Waals surface area contributed by atoms with Gasteiger partial charge >= 0.3 is 0 Å². The summed E-state index contributed by atoms with van der Waals surface area (Å²) in [6.45, 7) is 5.51. The third-order valence-corrected chi connectivity index (χ3v) is 5.87. The Hall–Kier alpha value is -0.610. The van der Waals surface area contributed by atoms with Crippen molar-refractivity contribution in [3.05, 3.63) is 0 Å². The Morgan fingerprint density at radius 3 is 2.32 bits per heavy atom.